The van der Waals surface area contributed by atoms with Crippen LogP contribution >= 0.6 is 15.9 Å². The Kier molecular flexibility index (Phi) is 5.30. The average molecular weight is 328 g/mol. The molecule has 6 heteroatoms. The van der Waals surface area contributed by atoms with Crippen LogP contribution in [0.1, 0.15) is 18.4 Å². The fourth-order valence-electron chi connectivity index (χ4n) is 2.34. The van der Waals surface area contributed by atoms with Crippen LogP contribution in [0.4, 0.5) is 5.69 Å². The number of nitrogens with one attached hydrogen (secondary N) is 1. The number of halogens is 1. The normalized spacial score (nSPS) is 15.8. The van der Waals surface area contributed by atoms with Gasteiger partial charge in [0.1, 0.15) is 0 Å². The van der Waals surface area contributed by atoms with Crippen LogP contribution in [-0.4, -0.2) is 36.0 Å². The zero-order valence-electron chi connectivity index (χ0n) is 10.8. The minimum absolute atomic E-state index is 0.178. The van der Waals surface area contributed by atoms with E-state index in [1.54, 1.807) is 18.2 Å². The van der Waals surface area contributed by atoms with E-state index < -0.39 is 0 Å². The number of hydrogen-bond donors (Lipinski definition) is 1. The lowest BCUT2D eigenvalue weighted by Crippen LogP contribution is -2.29. The lowest BCUT2D eigenvalue weighted by atomic mass is 10.2. The smallest absolute Gasteiger partial charge is 0.273 e. The molecule has 0 amide bonds. The van der Waals surface area contributed by atoms with Gasteiger partial charge >= 0.3 is 0 Å². The van der Waals surface area contributed by atoms with Crippen LogP contribution in [0.25, 0.3) is 0 Å². The van der Waals surface area contributed by atoms with Crippen LogP contribution in [0.15, 0.2) is 22.7 Å². The zero-order chi connectivity index (χ0) is 13.7. The number of benzene rings is 1. The predicted octanol–water partition coefficient (Wildman–Crippen LogP) is 2.54. The summed E-state index contributed by atoms with van der Waals surface area (Å²) in [7, 11) is 0. The van der Waals surface area contributed by atoms with Crippen molar-refractivity contribution in [3.05, 3.63) is 38.3 Å². The molecule has 1 aliphatic heterocycles. The van der Waals surface area contributed by atoms with Crippen molar-refractivity contribution in [2.75, 3.05) is 26.2 Å². The minimum atomic E-state index is -0.329. The summed E-state index contributed by atoms with van der Waals surface area (Å²) >= 11 is 3.35. The number of nitrogens with zero attached hydrogens (tertiary/aromatic N) is 2. The van der Waals surface area contributed by atoms with E-state index in [0.717, 1.165) is 23.1 Å². The summed E-state index contributed by atoms with van der Waals surface area (Å²) in [6, 6.07) is 5.05. The van der Waals surface area contributed by atoms with E-state index in [4.69, 9.17) is 0 Å². The van der Waals surface area contributed by atoms with Crippen LogP contribution in [-0.2, 0) is 6.54 Å². The van der Waals surface area contributed by atoms with Crippen LogP contribution in [0.2, 0.25) is 0 Å². The van der Waals surface area contributed by atoms with Gasteiger partial charge in [-0.1, -0.05) is 15.9 Å². The van der Waals surface area contributed by atoms with Gasteiger partial charge in [0, 0.05) is 35.7 Å². The van der Waals surface area contributed by atoms with Crippen LogP contribution in [0, 0.1) is 10.1 Å². The summed E-state index contributed by atoms with van der Waals surface area (Å²) in [4.78, 5) is 13.0. The third-order valence-corrected chi connectivity index (χ3v) is 3.85. The summed E-state index contributed by atoms with van der Waals surface area (Å²) in [5.41, 5.74) is 0.901. The Balaban J connectivity index is 1.84. The molecule has 0 saturated carbocycles. The van der Waals surface area contributed by atoms with E-state index in [2.05, 4.69) is 26.1 Å². The molecule has 0 aromatic heterocycles. The highest BCUT2D eigenvalue weighted by atomic mass is 79.9. The molecule has 19 heavy (non-hydrogen) atoms. The lowest BCUT2D eigenvalue weighted by molar-refractivity contribution is -0.385. The molecule has 1 aromatic rings. The summed E-state index contributed by atoms with van der Waals surface area (Å²) in [6.45, 7) is 4.77. The molecule has 1 aliphatic rings. The molecule has 104 valence electrons. The Bertz CT molecular complexity index is 448. The fourth-order valence-corrected chi connectivity index (χ4v) is 2.75. The van der Waals surface area contributed by atoms with E-state index in [9.17, 15) is 10.1 Å². The lowest BCUT2D eigenvalue weighted by Gasteiger charge is -2.14. The standard InChI is InChI=1S/C13H18BrN3O2/c14-12-3-4-13(17(18)19)11(9-12)10-15-5-8-16-6-1-2-7-16/h3-4,9,15H,1-2,5-8,10H2. The van der Waals surface area contributed by atoms with Gasteiger partial charge in [0.15, 0.2) is 0 Å². The molecular formula is C13H18BrN3O2. The number of nitro benzene ring substituents is 1. The van der Waals surface area contributed by atoms with Crippen molar-refractivity contribution in [2.45, 2.75) is 19.4 Å². The van der Waals surface area contributed by atoms with E-state index >= 15 is 0 Å². The molecule has 1 saturated heterocycles. The first-order valence-corrected chi connectivity index (χ1v) is 7.32. The van der Waals surface area contributed by atoms with Gasteiger partial charge in [-0.15, -0.1) is 0 Å². The third-order valence-electron chi connectivity index (χ3n) is 3.36. The Morgan fingerprint density at radius 3 is 2.79 bits per heavy atom. The molecule has 0 atom stereocenters. The average Bonchev–Trinajstić information content (AvgIpc) is 2.87. The Morgan fingerprint density at radius 2 is 2.11 bits per heavy atom. The fraction of sp³-hybridized carbons (Fsp3) is 0.538. The number of nitro groups is 1. The maximum Gasteiger partial charge on any atom is 0.273 e. The van der Waals surface area contributed by atoms with Gasteiger partial charge in [0.05, 0.1) is 4.92 Å². The largest absolute Gasteiger partial charge is 0.311 e. The summed E-state index contributed by atoms with van der Waals surface area (Å²) in [5.74, 6) is 0. The number of hydrogen-bond acceptors (Lipinski definition) is 4. The van der Waals surface area contributed by atoms with E-state index in [0.29, 0.717) is 6.54 Å². The molecule has 0 radical (unpaired) electrons. The first kappa shape index (κ1) is 14.4. The van der Waals surface area contributed by atoms with Crippen molar-refractivity contribution in [3.8, 4) is 0 Å². The molecule has 0 aliphatic carbocycles. The van der Waals surface area contributed by atoms with Crippen LogP contribution in [0.3, 0.4) is 0 Å². The topological polar surface area (TPSA) is 58.4 Å². The Morgan fingerprint density at radius 1 is 1.37 bits per heavy atom. The van der Waals surface area contributed by atoms with E-state index in [-0.39, 0.29) is 10.6 Å². The third kappa shape index (κ3) is 4.26. The highest BCUT2D eigenvalue weighted by Gasteiger charge is 2.14. The Hall–Kier alpha value is -0.980. The number of rotatable bonds is 6. The van der Waals surface area contributed by atoms with Crippen LogP contribution in [0.5, 0.6) is 0 Å². The molecule has 5 nitrogen and oxygen atoms in total. The Labute approximate surface area is 121 Å². The van der Waals surface area contributed by atoms with Crippen molar-refractivity contribution in [3.63, 3.8) is 0 Å². The molecule has 1 aromatic carbocycles. The highest BCUT2D eigenvalue weighted by Crippen LogP contribution is 2.22. The molecule has 0 bridgehead atoms. The molecule has 1 N–H and O–H groups in total. The van der Waals surface area contributed by atoms with Crippen LogP contribution < -0.4 is 5.32 Å². The molecule has 2 rings (SSSR count). The van der Waals surface area contributed by atoms with Crippen molar-refractivity contribution in [1.82, 2.24) is 10.2 Å². The number of likely N-dealkylation sites (tertiary alicyclic amines) is 1. The SMILES string of the molecule is O=[N+]([O-])c1ccc(Br)cc1CNCCN1CCCC1. The van der Waals surface area contributed by atoms with Gasteiger partial charge in [-0.25, -0.2) is 0 Å². The molecule has 0 spiro atoms. The quantitative estimate of drug-likeness (QED) is 0.495. The summed E-state index contributed by atoms with van der Waals surface area (Å²) in [6.07, 6.45) is 2.58. The monoisotopic (exact) mass is 327 g/mol. The molecule has 1 heterocycles. The van der Waals surface area contributed by atoms with Gasteiger partial charge < -0.3 is 10.2 Å². The van der Waals surface area contributed by atoms with Gasteiger partial charge in [-0.2, -0.15) is 0 Å². The molecular weight excluding hydrogens is 310 g/mol. The van der Waals surface area contributed by atoms with Gasteiger partial charge in [-0.05, 0) is 38.1 Å². The maximum atomic E-state index is 10.9. The minimum Gasteiger partial charge on any atom is -0.311 e. The second-order valence-corrected chi connectivity index (χ2v) is 5.67. The second-order valence-electron chi connectivity index (χ2n) is 4.76. The van der Waals surface area contributed by atoms with Gasteiger partial charge in [-0.3, -0.25) is 10.1 Å². The maximum absolute atomic E-state index is 10.9. The predicted molar refractivity (Wildman–Crippen MR) is 78.2 cm³/mol. The van der Waals surface area contributed by atoms with Crippen molar-refractivity contribution >= 4 is 21.6 Å². The van der Waals surface area contributed by atoms with E-state index in [1.165, 1.54) is 25.9 Å². The van der Waals surface area contributed by atoms with E-state index in [1.807, 2.05) is 0 Å². The van der Waals surface area contributed by atoms with Gasteiger partial charge in [0.2, 0.25) is 0 Å². The first-order chi connectivity index (χ1) is 9.16. The first-order valence-electron chi connectivity index (χ1n) is 6.53. The second kappa shape index (κ2) is 6.98. The highest BCUT2D eigenvalue weighted by molar-refractivity contribution is 9.10. The summed E-state index contributed by atoms with van der Waals surface area (Å²) < 4.78 is 0.870. The molecule has 0 unspecified atom stereocenters. The van der Waals surface area contributed by atoms with Crippen molar-refractivity contribution in [1.29, 1.82) is 0 Å². The van der Waals surface area contributed by atoms with Crippen molar-refractivity contribution < 1.29 is 4.92 Å². The van der Waals surface area contributed by atoms with Gasteiger partial charge in [0.25, 0.3) is 5.69 Å². The summed E-state index contributed by atoms with van der Waals surface area (Å²) in [5, 5.41) is 14.2. The van der Waals surface area contributed by atoms with Crippen molar-refractivity contribution in [2.24, 2.45) is 0 Å². The molecule has 1 fully saturated rings. The zero-order valence-corrected chi connectivity index (χ0v) is 12.4.